The molecule has 1 rings (SSSR count). The molecule has 1 atom stereocenters. The maximum atomic E-state index is 12.3. The Morgan fingerprint density at radius 1 is 1.37 bits per heavy atom. The van der Waals surface area contributed by atoms with Crippen LogP contribution in [0.2, 0.25) is 0 Å². The first kappa shape index (κ1) is 15.3. The number of ether oxygens (including phenoxy) is 1. The molecule has 1 aromatic carbocycles. The monoisotopic (exact) mass is 264 g/mol. The third-order valence-electron chi connectivity index (χ3n) is 3.45. The van der Waals surface area contributed by atoms with E-state index < -0.39 is 0 Å². The average Bonchev–Trinajstić information content (AvgIpc) is 2.38. The second-order valence-electron chi connectivity index (χ2n) is 5.09. The number of nitrogen functional groups attached to an aromatic ring is 1. The number of anilines is 1. The van der Waals surface area contributed by atoms with Gasteiger partial charge in [-0.25, -0.2) is 0 Å². The first-order valence-electron chi connectivity index (χ1n) is 6.68. The van der Waals surface area contributed by atoms with E-state index in [1.807, 2.05) is 20.9 Å². The van der Waals surface area contributed by atoms with Gasteiger partial charge in [0.15, 0.2) is 0 Å². The van der Waals surface area contributed by atoms with Crippen molar-refractivity contribution in [3.8, 4) is 5.75 Å². The van der Waals surface area contributed by atoms with Gasteiger partial charge in [-0.15, -0.1) is 0 Å². The molecule has 4 heteroatoms. The fourth-order valence-corrected chi connectivity index (χ4v) is 1.80. The van der Waals surface area contributed by atoms with E-state index in [1.165, 1.54) is 0 Å². The molecule has 0 bridgehead atoms. The zero-order valence-corrected chi connectivity index (χ0v) is 12.4. The van der Waals surface area contributed by atoms with Crippen molar-refractivity contribution in [2.45, 2.75) is 33.7 Å². The van der Waals surface area contributed by atoms with Gasteiger partial charge in [-0.1, -0.05) is 13.8 Å². The fourth-order valence-electron chi connectivity index (χ4n) is 1.80. The van der Waals surface area contributed by atoms with Crippen molar-refractivity contribution in [1.82, 2.24) is 4.90 Å². The lowest BCUT2D eigenvalue weighted by molar-refractivity contribution is 0.0707. The summed E-state index contributed by atoms with van der Waals surface area (Å²) in [5, 5.41) is 0. The maximum absolute atomic E-state index is 12.3. The van der Waals surface area contributed by atoms with Crippen LogP contribution >= 0.6 is 0 Å². The number of rotatable bonds is 5. The molecule has 0 aliphatic rings. The van der Waals surface area contributed by atoms with E-state index in [9.17, 15) is 4.79 Å². The summed E-state index contributed by atoms with van der Waals surface area (Å²) < 4.78 is 5.37. The van der Waals surface area contributed by atoms with E-state index >= 15 is 0 Å². The van der Waals surface area contributed by atoms with Crippen molar-refractivity contribution in [3.63, 3.8) is 0 Å². The molecule has 0 aromatic heterocycles. The Bertz CT molecular complexity index is 444. The lowest BCUT2D eigenvalue weighted by Gasteiger charge is -2.28. The lowest BCUT2D eigenvalue weighted by Crippen LogP contribution is -2.38. The predicted octanol–water partition coefficient (Wildman–Crippen LogP) is 2.78. The minimum atomic E-state index is -0.0176. The zero-order valence-electron chi connectivity index (χ0n) is 12.4. The van der Waals surface area contributed by atoms with Crippen LogP contribution < -0.4 is 10.5 Å². The molecule has 1 unspecified atom stereocenters. The number of benzene rings is 1. The van der Waals surface area contributed by atoms with Crippen molar-refractivity contribution in [2.75, 3.05) is 19.4 Å². The van der Waals surface area contributed by atoms with Gasteiger partial charge in [-0.3, -0.25) is 4.79 Å². The van der Waals surface area contributed by atoms with Crippen LogP contribution in [0, 0.1) is 5.92 Å². The molecule has 0 radical (unpaired) electrons. The van der Waals surface area contributed by atoms with Gasteiger partial charge in [0.2, 0.25) is 0 Å². The highest BCUT2D eigenvalue weighted by molar-refractivity contribution is 5.95. The Balaban J connectivity index is 2.91. The van der Waals surface area contributed by atoms with Crippen LogP contribution in [-0.2, 0) is 0 Å². The van der Waals surface area contributed by atoms with Gasteiger partial charge in [0.1, 0.15) is 5.75 Å². The first-order chi connectivity index (χ1) is 8.88. The van der Waals surface area contributed by atoms with Crippen LogP contribution in [0.1, 0.15) is 38.1 Å². The van der Waals surface area contributed by atoms with Crippen LogP contribution in [0.15, 0.2) is 18.2 Å². The third kappa shape index (κ3) is 3.63. The molecule has 0 saturated heterocycles. The molecule has 1 aromatic rings. The summed E-state index contributed by atoms with van der Waals surface area (Å²) in [5.74, 6) is 1.02. The van der Waals surface area contributed by atoms with Gasteiger partial charge in [-0.2, -0.15) is 0 Å². The van der Waals surface area contributed by atoms with E-state index in [4.69, 9.17) is 10.5 Å². The molecule has 0 heterocycles. The van der Waals surface area contributed by atoms with E-state index in [2.05, 4.69) is 13.8 Å². The number of nitrogens with zero attached hydrogens (tertiary/aromatic N) is 1. The summed E-state index contributed by atoms with van der Waals surface area (Å²) in [7, 11) is 1.82. The highest BCUT2D eigenvalue weighted by Crippen LogP contribution is 2.23. The number of hydrogen-bond acceptors (Lipinski definition) is 3. The number of carbonyl (C=O) groups is 1. The number of nitrogens with two attached hydrogens (primary N) is 1. The van der Waals surface area contributed by atoms with Gasteiger partial charge in [0.25, 0.3) is 5.91 Å². The van der Waals surface area contributed by atoms with Crippen LogP contribution in [0.3, 0.4) is 0 Å². The second-order valence-corrected chi connectivity index (χ2v) is 5.09. The Morgan fingerprint density at radius 3 is 2.47 bits per heavy atom. The molecule has 0 spiro atoms. The van der Waals surface area contributed by atoms with E-state index in [0.29, 0.717) is 29.5 Å². The SMILES string of the molecule is CCOc1ccc(C(=O)N(C)C(C)C(C)C)cc1N. The van der Waals surface area contributed by atoms with E-state index in [-0.39, 0.29) is 11.9 Å². The summed E-state index contributed by atoms with van der Waals surface area (Å²) in [6.07, 6.45) is 0. The molecule has 0 aliphatic heterocycles. The maximum Gasteiger partial charge on any atom is 0.253 e. The normalized spacial score (nSPS) is 12.3. The molecule has 0 fully saturated rings. The number of carbonyl (C=O) groups excluding carboxylic acids is 1. The second kappa shape index (κ2) is 6.45. The van der Waals surface area contributed by atoms with Crippen molar-refractivity contribution < 1.29 is 9.53 Å². The molecular formula is C15H24N2O2. The number of hydrogen-bond donors (Lipinski definition) is 1. The van der Waals surface area contributed by atoms with E-state index in [0.717, 1.165) is 0 Å². The number of amides is 1. The summed E-state index contributed by atoms with van der Waals surface area (Å²) in [4.78, 5) is 14.1. The smallest absolute Gasteiger partial charge is 0.253 e. The Morgan fingerprint density at radius 2 is 2.00 bits per heavy atom. The third-order valence-corrected chi connectivity index (χ3v) is 3.45. The van der Waals surface area contributed by atoms with Gasteiger partial charge >= 0.3 is 0 Å². The summed E-state index contributed by atoms with van der Waals surface area (Å²) >= 11 is 0. The first-order valence-corrected chi connectivity index (χ1v) is 6.68. The van der Waals surface area contributed by atoms with Gasteiger partial charge < -0.3 is 15.4 Å². The molecule has 1 amide bonds. The molecule has 4 nitrogen and oxygen atoms in total. The van der Waals surface area contributed by atoms with Crippen molar-refractivity contribution in [1.29, 1.82) is 0 Å². The minimum Gasteiger partial charge on any atom is -0.492 e. The highest BCUT2D eigenvalue weighted by Gasteiger charge is 2.20. The van der Waals surface area contributed by atoms with Crippen LogP contribution in [0.25, 0.3) is 0 Å². The lowest BCUT2D eigenvalue weighted by atomic mass is 10.0. The molecule has 19 heavy (non-hydrogen) atoms. The van der Waals surface area contributed by atoms with Crippen LogP contribution in [-0.4, -0.2) is 30.5 Å². The molecular weight excluding hydrogens is 240 g/mol. The summed E-state index contributed by atoms with van der Waals surface area (Å²) in [6.45, 7) is 8.70. The van der Waals surface area contributed by atoms with Gasteiger partial charge in [0, 0.05) is 18.7 Å². The average molecular weight is 264 g/mol. The Kier molecular flexibility index (Phi) is 5.21. The quantitative estimate of drug-likeness (QED) is 0.832. The molecule has 106 valence electrons. The molecule has 0 aliphatic carbocycles. The largest absolute Gasteiger partial charge is 0.492 e. The molecule has 2 N–H and O–H groups in total. The Labute approximate surface area is 115 Å². The van der Waals surface area contributed by atoms with Crippen molar-refractivity contribution >= 4 is 11.6 Å². The fraction of sp³-hybridized carbons (Fsp3) is 0.533. The molecule has 0 saturated carbocycles. The highest BCUT2D eigenvalue weighted by atomic mass is 16.5. The van der Waals surface area contributed by atoms with Gasteiger partial charge in [-0.05, 0) is 38.0 Å². The van der Waals surface area contributed by atoms with Crippen LogP contribution in [0.4, 0.5) is 5.69 Å². The van der Waals surface area contributed by atoms with E-state index in [1.54, 1.807) is 23.1 Å². The Hall–Kier alpha value is -1.71. The predicted molar refractivity (Wildman–Crippen MR) is 78.4 cm³/mol. The topological polar surface area (TPSA) is 55.6 Å². The zero-order chi connectivity index (χ0) is 14.6. The van der Waals surface area contributed by atoms with Gasteiger partial charge in [0.05, 0.1) is 12.3 Å². The minimum absolute atomic E-state index is 0.0176. The van der Waals surface area contributed by atoms with Crippen molar-refractivity contribution in [2.24, 2.45) is 5.92 Å². The standard InChI is InChI=1S/C15H24N2O2/c1-6-19-14-8-7-12(9-13(14)16)15(18)17(5)11(4)10(2)3/h7-11H,6,16H2,1-5H3. The summed E-state index contributed by atoms with van der Waals surface area (Å²) in [5.41, 5.74) is 6.98. The summed E-state index contributed by atoms with van der Waals surface area (Å²) in [6, 6.07) is 5.37. The van der Waals surface area contributed by atoms with Crippen molar-refractivity contribution in [3.05, 3.63) is 23.8 Å². The van der Waals surface area contributed by atoms with Crippen LogP contribution in [0.5, 0.6) is 5.75 Å².